The number of hydrogen-bond donors (Lipinski definition) is 1. The van der Waals surface area contributed by atoms with Gasteiger partial charge in [-0.2, -0.15) is 0 Å². The number of nitrogens with zero attached hydrogens (tertiary/aromatic N) is 2. The van der Waals surface area contributed by atoms with E-state index in [2.05, 4.69) is 4.98 Å². The molecule has 1 unspecified atom stereocenters. The summed E-state index contributed by atoms with van der Waals surface area (Å²) in [6.07, 6.45) is 1.87. The number of aliphatic carboxylic acids is 1. The lowest BCUT2D eigenvalue weighted by molar-refractivity contribution is -0.137. The van der Waals surface area contributed by atoms with Crippen molar-refractivity contribution in [3.05, 3.63) is 57.8 Å². The number of rotatable bonds is 7. The molecule has 0 aliphatic heterocycles. The molecule has 0 saturated heterocycles. The molecular weight excluding hydrogens is 360 g/mol. The zero-order valence-corrected chi connectivity index (χ0v) is 14.8. The number of pyridine rings is 1. The van der Waals surface area contributed by atoms with Crippen molar-refractivity contribution in [3.63, 3.8) is 0 Å². The maximum absolute atomic E-state index is 12.0. The Labute approximate surface area is 153 Å². The average Bonchev–Trinajstić information content (AvgIpc) is 2.92. The van der Waals surface area contributed by atoms with Gasteiger partial charge in [0.1, 0.15) is 11.9 Å². The van der Waals surface area contributed by atoms with Gasteiger partial charge in [0, 0.05) is 18.8 Å². The molecule has 1 atom stereocenters. The maximum atomic E-state index is 12.0. The van der Waals surface area contributed by atoms with E-state index in [1.54, 1.807) is 18.3 Å². The summed E-state index contributed by atoms with van der Waals surface area (Å²) in [7, 11) is 0. The number of benzene rings is 1. The molecule has 136 valence electrons. The molecule has 0 aliphatic rings. The maximum Gasteiger partial charge on any atom is 0.419 e. The Morgan fingerprint density at radius 3 is 2.88 bits per heavy atom. The Morgan fingerprint density at radius 2 is 2.23 bits per heavy atom. The molecule has 0 amide bonds. The second-order valence-corrected chi connectivity index (χ2v) is 6.09. The van der Waals surface area contributed by atoms with Crippen molar-refractivity contribution in [1.29, 1.82) is 0 Å². The van der Waals surface area contributed by atoms with Gasteiger partial charge in [-0.15, -0.1) is 0 Å². The summed E-state index contributed by atoms with van der Waals surface area (Å²) in [5.74, 6) is -1.26. The minimum absolute atomic E-state index is 0.00319. The van der Waals surface area contributed by atoms with Crippen molar-refractivity contribution >= 4 is 28.7 Å². The van der Waals surface area contributed by atoms with Gasteiger partial charge in [-0.1, -0.05) is 24.6 Å². The number of carbonyl (C=O) groups is 1. The van der Waals surface area contributed by atoms with Gasteiger partial charge in [0.2, 0.25) is 0 Å². The predicted molar refractivity (Wildman–Crippen MR) is 95.6 cm³/mol. The Hall–Kier alpha value is -2.80. The first kappa shape index (κ1) is 18.0. The third kappa shape index (κ3) is 3.72. The topological polar surface area (TPSA) is 94.6 Å². The monoisotopic (exact) mass is 376 g/mol. The first-order valence-corrected chi connectivity index (χ1v) is 8.49. The van der Waals surface area contributed by atoms with Gasteiger partial charge in [-0.05, 0) is 24.6 Å². The molecule has 2 aromatic heterocycles. The predicted octanol–water partition coefficient (Wildman–Crippen LogP) is 3.65. The summed E-state index contributed by atoms with van der Waals surface area (Å²) >= 11 is 6.32. The van der Waals surface area contributed by atoms with Crippen LogP contribution < -0.4 is 10.5 Å². The highest BCUT2D eigenvalue weighted by Gasteiger charge is 2.18. The van der Waals surface area contributed by atoms with Crippen molar-refractivity contribution in [3.8, 4) is 5.75 Å². The van der Waals surface area contributed by atoms with Crippen LogP contribution >= 0.6 is 11.6 Å². The largest absolute Gasteiger partial charge is 0.482 e. The lowest BCUT2D eigenvalue weighted by Gasteiger charge is -2.17. The Morgan fingerprint density at radius 1 is 1.42 bits per heavy atom. The van der Waals surface area contributed by atoms with Crippen molar-refractivity contribution < 1.29 is 19.1 Å². The first-order chi connectivity index (χ1) is 12.5. The van der Waals surface area contributed by atoms with Crippen LogP contribution in [0.4, 0.5) is 0 Å². The number of aryl methyl sites for hydroxylation is 1. The summed E-state index contributed by atoms with van der Waals surface area (Å²) in [5, 5.41) is 9.11. The number of carboxylic acid groups (broad SMARTS) is 1. The third-order valence-electron chi connectivity index (χ3n) is 3.93. The van der Waals surface area contributed by atoms with Crippen LogP contribution in [0.5, 0.6) is 5.75 Å². The molecule has 0 aliphatic carbocycles. The van der Waals surface area contributed by atoms with E-state index in [-0.39, 0.29) is 24.7 Å². The van der Waals surface area contributed by atoms with E-state index >= 15 is 0 Å². The molecule has 0 bridgehead atoms. The Kier molecular flexibility index (Phi) is 5.27. The Balaban J connectivity index is 1.94. The smallest absolute Gasteiger partial charge is 0.419 e. The molecule has 1 aromatic carbocycles. The van der Waals surface area contributed by atoms with Crippen LogP contribution in [0.25, 0.3) is 11.1 Å². The van der Waals surface area contributed by atoms with Crippen molar-refractivity contribution in [1.82, 2.24) is 9.55 Å². The third-order valence-corrected chi connectivity index (χ3v) is 4.22. The molecule has 2 heterocycles. The molecule has 0 spiro atoms. The van der Waals surface area contributed by atoms with Gasteiger partial charge in [0.05, 0.1) is 22.7 Å². The van der Waals surface area contributed by atoms with Gasteiger partial charge in [0.15, 0.2) is 5.58 Å². The molecule has 0 fully saturated rings. The van der Waals surface area contributed by atoms with E-state index < -0.39 is 11.7 Å². The quantitative estimate of drug-likeness (QED) is 0.676. The number of carboxylic acids is 1. The number of aromatic nitrogens is 2. The number of ether oxygens (including phenoxy) is 1. The van der Waals surface area contributed by atoms with Crippen molar-refractivity contribution in [2.45, 2.75) is 32.4 Å². The van der Waals surface area contributed by atoms with Crippen LogP contribution in [-0.4, -0.2) is 20.6 Å². The van der Waals surface area contributed by atoms with Crippen LogP contribution in [0.2, 0.25) is 5.02 Å². The van der Waals surface area contributed by atoms with Crippen LogP contribution in [0.1, 0.15) is 31.6 Å². The first-order valence-electron chi connectivity index (χ1n) is 8.12. The van der Waals surface area contributed by atoms with Crippen molar-refractivity contribution in [2.24, 2.45) is 0 Å². The van der Waals surface area contributed by atoms with Crippen LogP contribution in [0.3, 0.4) is 0 Å². The fraction of sp³-hybridized carbons (Fsp3) is 0.278. The fourth-order valence-corrected chi connectivity index (χ4v) is 2.85. The second-order valence-electron chi connectivity index (χ2n) is 5.68. The molecule has 8 heteroatoms. The highest BCUT2D eigenvalue weighted by molar-refractivity contribution is 6.32. The zero-order valence-electron chi connectivity index (χ0n) is 14.0. The Bertz CT molecular complexity index is 980. The molecule has 1 N–H and O–H groups in total. The summed E-state index contributed by atoms with van der Waals surface area (Å²) in [4.78, 5) is 27.0. The SMILES string of the molecule is CCC(Oc1cc2oc(=O)n(CCC(=O)O)c2cc1Cl)c1ccccn1. The lowest BCUT2D eigenvalue weighted by atomic mass is 10.2. The standard InChI is InChI=1S/C18H17ClN2O5/c1-2-14(12-5-3-4-7-20-12)25-15-10-16-13(9-11(15)19)21(18(24)26-16)8-6-17(22)23/h3-5,7,9-10,14H,2,6,8H2,1H3,(H,22,23). The highest BCUT2D eigenvalue weighted by atomic mass is 35.5. The number of hydrogen-bond acceptors (Lipinski definition) is 5. The van der Waals surface area contributed by atoms with E-state index in [1.807, 2.05) is 25.1 Å². The summed E-state index contributed by atoms with van der Waals surface area (Å²) in [5.41, 5.74) is 1.49. The molecule has 26 heavy (non-hydrogen) atoms. The molecule has 3 rings (SSSR count). The zero-order chi connectivity index (χ0) is 18.7. The van der Waals surface area contributed by atoms with Gasteiger partial charge in [0.25, 0.3) is 0 Å². The summed E-state index contributed by atoms with van der Waals surface area (Å²) < 4.78 is 12.4. The highest BCUT2D eigenvalue weighted by Crippen LogP contribution is 2.33. The van der Waals surface area contributed by atoms with Crippen LogP contribution in [0.15, 0.2) is 45.7 Å². The molecule has 0 saturated carbocycles. The van der Waals surface area contributed by atoms with E-state index in [0.29, 0.717) is 22.7 Å². The van der Waals surface area contributed by atoms with Gasteiger partial charge >= 0.3 is 11.7 Å². The van der Waals surface area contributed by atoms with E-state index in [9.17, 15) is 9.59 Å². The second kappa shape index (κ2) is 7.61. The van der Waals surface area contributed by atoms with Gasteiger partial charge < -0.3 is 14.3 Å². The average molecular weight is 377 g/mol. The van der Waals surface area contributed by atoms with E-state index in [4.69, 9.17) is 25.9 Å². The van der Waals surface area contributed by atoms with Gasteiger partial charge in [-0.25, -0.2) is 4.79 Å². The summed E-state index contributed by atoms with van der Waals surface area (Å²) in [6, 6.07) is 8.65. The lowest BCUT2D eigenvalue weighted by Crippen LogP contribution is -2.16. The molecule has 7 nitrogen and oxygen atoms in total. The molecular formula is C18H17ClN2O5. The summed E-state index contributed by atoms with van der Waals surface area (Å²) in [6.45, 7) is 1.97. The molecule has 0 radical (unpaired) electrons. The number of halogens is 1. The normalized spacial score (nSPS) is 12.2. The minimum Gasteiger partial charge on any atom is -0.482 e. The van der Waals surface area contributed by atoms with Gasteiger partial charge in [-0.3, -0.25) is 14.3 Å². The van der Waals surface area contributed by atoms with E-state index in [0.717, 1.165) is 5.69 Å². The number of fused-ring (bicyclic) bond motifs is 1. The molecule has 3 aromatic rings. The number of oxazole rings is 1. The van der Waals surface area contributed by atoms with E-state index in [1.165, 1.54) is 4.57 Å². The van der Waals surface area contributed by atoms with Crippen LogP contribution in [0, 0.1) is 0 Å². The van der Waals surface area contributed by atoms with Crippen molar-refractivity contribution in [2.75, 3.05) is 0 Å². The minimum atomic E-state index is -1.00. The fourth-order valence-electron chi connectivity index (χ4n) is 2.65. The van der Waals surface area contributed by atoms with Crippen LogP contribution in [-0.2, 0) is 11.3 Å².